The van der Waals surface area contributed by atoms with Crippen molar-refractivity contribution in [1.82, 2.24) is 0 Å². The first-order valence-electron chi connectivity index (χ1n) is 6.36. The lowest BCUT2D eigenvalue weighted by Gasteiger charge is -2.14. The summed E-state index contributed by atoms with van der Waals surface area (Å²) in [6.45, 7) is 6.00. The Balaban J connectivity index is 3.41. The molecule has 0 rings (SSSR count). The minimum Gasteiger partial charge on any atom is -0.481 e. The molecule has 0 bridgehead atoms. The third-order valence-electron chi connectivity index (χ3n) is 3.00. The molecule has 0 saturated carbocycles. The van der Waals surface area contributed by atoms with E-state index in [0.29, 0.717) is 6.42 Å². The highest BCUT2D eigenvalue weighted by Crippen LogP contribution is 2.14. The normalized spacial score (nSPS) is 15.1. The maximum Gasteiger partial charge on any atom is 0.308 e. The number of unbranched alkanes of at least 4 members (excludes halogenated alkanes) is 3. The molecule has 0 aliphatic heterocycles. The molecule has 2 N–H and O–H groups in total. The van der Waals surface area contributed by atoms with Gasteiger partial charge >= 0.3 is 5.97 Å². The van der Waals surface area contributed by atoms with Gasteiger partial charge in [0.05, 0.1) is 12.0 Å². The number of hydrogen-bond acceptors (Lipinski definition) is 2. The Hall–Kier alpha value is -0.570. The number of rotatable bonds is 9. The molecule has 16 heavy (non-hydrogen) atoms. The summed E-state index contributed by atoms with van der Waals surface area (Å²) in [5.41, 5.74) is 0. The van der Waals surface area contributed by atoms with E-state index >= 15 is 0 Å². The quantitative estimate of drug-likeness (QED) is 0.598. The number of carbonyl (C=O) groups is 1. The fourth-order valence-corrected chi connectivity index (χ4v) is 1.67. The van der Waals surface area contributed by atoms with Crippen LogP contribution in [-0.4, -0.2) is 22.3 Å². The smallest absolute Gasteiger partial charge is 0.308 e. The molecule has 0 radical (unpaired) electrons. The van der Waals surface area contributed by atoms with Crippen LogP contribution in [-0.2, 0) is 4.79 Å². The number of aliphatic hydroxyl groups is 1. The van der Waals surface area contributed by atoms with Gasteiger partial charge in [0.2, 0.25) is 0 Å². The molecule has 0 heterocycles. The lowest BCUT2D eigenvalue weighted by Crippen LogP contribution is -2.25. The summed E-state index contributed by atoms with van der Waals surface area (Å²) < 4.78 is 0. The molecule has 96 valence electrons. The van der Waals surface area contributed by atoms with Gasteiger partial charge < -0.3 is 10.2 Å². The Morgan fingerprint density at radius 2 is 1.50 bits per heavy atom. The number of hydrogen-bond donors (Lipinski definition) is 2. The monoisotopic (exact) mass is 230 g/mol. The van der Waals surface area contributed by atoms with E-state index < -0.39 is 18.0 Å². The summed E-state index contributed by atoms with van der Waals surface area (Å²) in [4.78, 5) is 10.6. The standard InChI is InChI=1S/C13H26O3/c1-10(2)8-6-4-5-7-9-12(14)11(3)13(15)16/h10-12,14H,4-9H2,1-3H3,(H,15,16). The average molecular weight is 230 g/mol. The van der Waals surface area contributed by atoms with Gasteiger partial charge in [-0.3, -0.25) is 4.79 Å². The number of carboxylic acids is 1. The van der Waals surface area contributed by atoms with Crippen LogP contribution in [0.25, 0.3) is 0 Å². The van der Waals surface area contributed by atoms with Gasteiger partial charge in [0.25, 0.3) is 0 Å². The van der Waals surface area contributed by atoms with Crippen molar-refractivity contribution in [2.24, 2.45) is 11.8 Å². The van der Waals surface area contributed by atoms with Gasteiger partial charge in [0, 0.05) is 0 Å². The van der Waals surface area contributed by atoms with E-state index in [1.807, 2.05) is 0 Å². The first-order valence-corrected chi connectivity index (χ1v) is 6.36. The fourth-order valence-electron chi connectivity index (χ4n) is 1.67. The largest absolute Gasteiger partial charge is 0.481 e. The molecular formula is C13H26O3. The van der Waals surface area contributed by atoms with Crippen molar-refractivity contribution in [2.45, 2.75) is 65.4 Å². The molecule has 0 spiro atoms. The van der Waals surface area contributed by atoms with Gasteiger partial charge in [-0.25, -0.2) is 0 Å². The summed E-state index contributed by atoms with van der Waals surface area (Å²) in [7, 11) is 0. The first-order chi connectivity index (χ1) is 7.45. The maximum atomic E-state index is 10.6. The Morgan fingerprint density at radius 3 is 1.94 bits per heavy atom. The number of carboxylic acid groups (broad SMARTS) is 1. The van der Waals surface area contributed by atoms with E-state index in [0.717, 1.165) is 18.8 Å². The molecule has 0 aliphatic rings. The summed E-state index contributed by atoms with van der Waals surface area (Å²) in [6.07, 6.45) is 5.62. The Kier molecular flexibility index (Phi) is 8.26. The molecule has 0 amide bonds. The van der Waals surface area contributed by atoms with Crippen molar-refractivity contribution in [3.63, 3.8) is 0 Å². The molecule has 0 aliphatic carbocycles. The second kappa shape index (κ2) is 8.57. The van der Waals surface area contributed by atoms with Crippen molar-refractivity contribution >= 4 is 5.97 Å². The fraction of sp³-hybridized carbons (Fsp3) is 0.923. The molecule has 0 aromatic carbocycles. The van der Waals surface area contributed by atoms with Crippen molar-refractivity contribution in [2.75, 3.05) is 0 Å². The molecular weight excluding hydrogens is 204 g/mol. The van der Waals surface area contributed by atoms with Crippen LogP contribution in [0.5, 0.6) is 0 Å². The predicted molar refractivity (Wildman–Crippen MR) is 65.3 cm³/mol. The van der Waals surface area contributed by atoms with Gasteiger partial charge in [-0.1, -0.05) is 46.0 Å². The van der Waals surface area contributed by atoms with E-state index in [9.17, 15) is 9.90 Å². The van der Waals surface area contributed by atoms with E-state index in [2.05, 4.69) is 13.8 Å². The maximum absolute atomic E-state index is 10.6. The molecule has 2 unspecified atom stereocenters. The van der Waals surface area contributed by atoms with Gasteiger partial charge in [-0.2, -0.15) is 0 Å². The second-order valence-corrected chi connectivity index (χ2v) is 5.08. The van der Waals surface area contributed by atoms with Gasteiger partial charge in [-0.05, 0) is 19.3 Å². The lowest BCUT2D eigenvalue weighted by molar-refractivity contribution is -0.144. The summed E-state index contributed by atoms with van der Waals surface area (Å²) >= 11 is 0. The van der Waals surface area contributed by atoms with Crippen LogP contribution in [0.4, 0.5) is 0 Å². The molecule has 2 atom stereocenters. The molecule has 0 fully saturated rings. The van der Waals surface area contributed by atoms with Crippen molar-refractivity contribution < 1.29 is 15.0 Å². The highest BCUT2D eigenvalue weighted by Gasteiger charge is 2.20. The van der Waals surface area contributed by atoms with Gasteiger partial charge in [-0.15, -0.1) is 0 Å². The van der Waals surface area contributed by atoms with Crippen LogP contribution in [0.1, 0.15) is 59.3 Å². The van der Waals surface area contributed by atoms with Crippen LogP contribution in [0.15, 0.2) is 0 Å². The molecule has 0 saturated heterocycles. The minimum absolute atomic E-state index is 0.606. The number of aliphatic carboxylic acids is 1. The summed E-state index contributed by atoms with van der Waals surface area (Å²) in [5, 5.41) is 18.2. The summed E-state index contributed by atoms with van der Waals surface area (Å²) in [6, 6.07) is 0. The van der Waals surface area contributed by atoms with E-state index in [1.165, 1.54) is 19.3 Å². The lowest BCUT2D eigenvalue weighted by atomic mass is 9.98. The van der Waals surface area contributed by atoms with E-state index in [-0.39, 0.29) is 0 Å². The molecule has 3 nitrogen and oxygen atoms in total. The Bertz CT molecular complexity index is 190. The highest BCUT2D eigenvalue weighted by atomic mass is 16.4. The zero-order valence-corrected chi connectivity index (χ0v) is 10.8. The Labute approximate surface area is 98.9 Å². The van der Waals surface area contributed by atoms with Crippen LogP contribution in [0.3, 0.4) is 0 Å². The van der Waals surface area contributed by atoms with Crippen molar-refractivity contribution in [1.29, 1.82) is 0 Å². The van der Waals surface area contributed by atoms with Crippen molar-refractivity contribution in [3.8, 4) is 0 Å². The van der Waals surface area contributed by atoms with Crippen LogP contribution >= 0.6 is 0 Å². The van der Waals surface area contributed by atoms with Crippen LogP contribution in [0, 0.1) is 11.8 Å². The van der Waals surface area contributed by atoms with Gasteiger partial charge in [0.15, 0.2) is 0 Å². The Morgan fingerprint density at radius 1 is 1.00 bits per heavy atom. The zero-order chi connectivity index (χ0) is 12.6. The average Bonchev–Trinajstić information content (AvgIpc) is 2.21. The van der Waals surface area contributed by atoms with E-state index in [1.54, 1.807) is 6.92 Å². The molecule has 0 aromatic heterocycles. The molecule has 3 heteroatoms. The van der Waals surface area contributed by atoms with Gasteiger partial charge in [0.1, 0.15) is 0 Å². The number of aliphatic hydroxyl groups excluding tert-OH is 1. The van der Waals surface area contributed by atoms with E-state index in [4.69, 9.17) is 5.11 Å². The van der Waals surface area contributed by atoms with Crippen molar-refractivity contribution in [3.05, 3.63) is 0 Å². The highest BCUT2D eigenvalue weighted by molar-refractivity contribution is 5.70. The third kappa shape index (κ3) is 7.69. The van der Waals surface area contributed by atoms with Crippen LogP contribution in [0.2, 0.25) is 0 Å². The zero-order valence-electron chi connectivity index (χ0n) is 10.8. The predicted octanol–water partition coefficient (Wildman–Crippen LogP) is 3.06. The minimum atomic E-state index is -0.910. The topological polar surface area (TPSA) is 57.5 Å². The molecule has 0 aromatic rings. The van der Waals surface area contributed by atoms with Crippen LogP contribution < -0.4 is 0 Å². The summed E-state index contributed by atoms with van der Waals surface area (Å²) in [5.74, 6) is -0.791. The second-order valence-electron chi connectivity index (χ2n) is 5.08. The third-order valence-corrected chi connectivity index (χ3v) is 3.00. The SMILES string of the molecule is CC(C)CCCCCCC(O)C(C)C(=O)O. The first kappa shape index (κ1) is 15.4.